The Morgan fingerprint density at radius 1 is 1.50 bits per heavy atom. The molecule has 0 radical (unpaired) electrons. The van der Waals surface area contributed by atoms with Crippen molar-refractivity contribution in [1.29, 1.82) is 0 Å². The van der Waals surface area contributed by atoms with Crippen LogP contribution in [0.5, 0.6) is 0 Å². The van der Waals surface area contributed by atoms with Gasteiger partial charge >= 0.3 is 51.9 Å². The molecule has 72 valence electrons. The van der Waals surface area contributed by atoms with Gasteiger partial charge in [0.1, 0.15) is 5.71 Å². The van der Waals surface area contributed by atoms with Crippen LogP contribution in [0.25, 0.3) is 0 Å². The minimum absolute atomic E-state index is 0. The first-order chi connectivity index (χ1) is 5.76. The van der Waals surface area contributed by atoms with Crippen molar-refractivity contribution in [3.05, 3.63) is 24.3 Å². The van der Waals surface area contributed by atoms with Gasteiger partial charge in [-0.15, -0.1) is 10.2 Å². The van der Waals surface area contributed by atoms with E-state index in [1.165, 1.54) is 6.08 Å². The molecule has 14 heavy (non-hydrogen) atoms. The molecule has 0 aromatic rings. The molecule has 1 aliphatic heterocycles. The van der Waals surface area contributed by atoms with Gasteiger partial charge in [-0.05, 0) is 17.4 Å². The molecule has 2 rings (SSSR count). The van der Waals surface area contributed by atoms with Crippen molar-refractivity contribution < 1.29 is 63.3 Å². The van der Waals surface area contributed by atoms with Crippen LogP contribution in [0.1, 0.15) is 1.43 Å². The Morgan fingerprint density at radius 3 is 2.79 bits per heavy atom. The second-order valence-corrected chi connectivity index (χ2v) is 2.45. The summed E-state index contributed by atoms with van der Waals surface area (Å²) in [5.74, 6) is -1.30. The quantitative estimate of drug-likeness (QED) is 0.471. The van der Waals surface area contributed by atoms with Crippen molar-refractivity contribution in [1.82, 2.24) is 0 Å². The molecule has 1 unspecified atom stereocenters. The van der Waals surface area contributed by atoms with Gasteiger partial charge in [0.25, 0.3) is 0 Å². The van der Waals surface area contributed by atoms with E-state index in [0.29, 0.717) is 5.71 Å². The van der Waals surface area contributed by atoms with Gasteiger partial charge < -0.3 is 11.3 Å². The summed E-state index contributed by atoms with van der Waals surface area (Å²) in [6, 6.07) is 0. The number of aliphatic carboxylic acids is 1. The molecule has 1 heterocycles. The Balaban J connectivity index is 0. The Morgan fingerprint density at radius 2 is 2.21 bits per heavy atom. The monoisotopic (exact) mass is 293 g/mol. The number of rotatable bonds is 1. The fourth-order valence-corrected chi connectivity index (χ4v) is 1.10. The van der Waals surface area contributed by atoms with E-state index in [1.54, 1.807) is 18.2 Å². The van der Waals surface area contributed by atoms with Crippen molar-refractivity contribution in [2.24, 2.45) is 15.4 Å². The number of hydrogen-bond donors (Lipinski definition) is 0. The third-order valence-corrected chi connectivity index (χ3v) is 1.76. The molecule has 0 N–H and O–H groups in total. The van der Waals surface area contributed by atoms with E-state index in [4.69, 9.17) is 0 Å². The molecule has 0 saturated heterocycles. The Bertz CT molecular complexity index is 369. The fourth-order valence-electron chi connectivity index (χ4n) is 1.10. The molecular formula is C7H5AgN3NaO2. The Kier molecular flexibility index (Phi) is 5.14. The molecule has 0 aromatic heterocycles. The molecule has 7 heteroatoms. The summed E-state index contributed by atoms with van der Waals surface area (Å²) in [7, 11) is 0. The summed E-state index contributed by atoms with van der Waals surface area (Å²) in [4.78, 5) is 10.7. The number of hydrogen-bond acceptors (Lipinski definition) is 5. The van der Waals surface area contributed by atoms with E-state index in [1.807, 2.05) is 0 Å². The first kappa shape index (κ1) is 14.0. The van der Waals surface area contributed by atoms with Crippen LogP contribution < -0.4 is 34.7 Å². The van der Waals surface area contributed by atoms with E-state index in [-0.39, 0.29) is 53.4 Å². The minimum Gasteiger partial charge on any atom is -1.00 e. The summed E-state index contributed by atoms with van der Waals surface area (Å²) in [6.45, 7) is 0. The van der Waals surface area contributed by atoms with Gasteiger partial charge in [0.2, 0.25) is 0 Å². The zero-order valence-electron chi connectivity index (χ0n) is 8.27. The van der Waals surface area contributed by atoms with Gasteiger partial charge in [-0.3, -0.25) is 0 Å². The van der Waals surface area contributed by atoms with E-state index in [2.05, 4.69) is 15.4 Å². The Labute approximate surface area is 119 Å². The predicted octanol–water partition coefficient (Wildman–Crippen LogP) is -3.46. The third-order valence-electron chi connectivity index (χ3n) is 1.76. The van der Waals surface area contributed by atoms with Crippen molar-refractivity contribution in [2.75, 3.05) is 0 Å². The maximum atomic E-state index is 10.7. The van der Waals surface area contributed by atoms with E-state index >= 15 is 0 Å². The normalized spacial score (nSPS) is 25.9. The second kappa shape index (κ2) is 5.16. The zero-order valence-corrected chi connectivity index (χ0v) is 10.8. The second-order valence-electron chi connectivity index (χ2n) is 2.45. The van der Waals surface area contributed by atoms with Crippen LogP contribution >= 0.6 is 0 Å². The summed E-state index contributed by atoms with van der Waals surface area (Å²) in [5, 5.41) is 21.1. The molecule has 0 bridgehead atoms. The van der Waals surface area contributed by atoms with Crippen LogP contribution in [0.4, 0.5) is 0 Å². The van der Waals surface area contributed by atoms with Gasteiger partial charge in [-0.25, -0.2) is 0 Å². The summed E-state index contributed by atoms with van der Waals surface area (Å²) >= 11 is 0. The minimum atomic E-state index is -1.46. The zero-order chi connectivity index (χ0) is 8.60. The van der Waals surface area contributed by atoms with Crippen molar-refractivity contribution in [3.63, 3.8) is 0 Å². The van der Waals surface area contributed by atoms with Gasteiger partial charge in [-0.1, -0.05) is 12.2 Å². The van der Waals surface area contributed by atoms with Crippen LogP contribution in [0.3, 0.4) is 0 Å². The van der Waals surface area contributed by atoms with Crippen LogP contribution in [0.15, 0.2) is 39.7 Å². The predicted molar refractivity (Wildman–Crippen MR) is 39.4 cm³/mol. The SMILES string of the molecule is O=C([O-])C12C=CC=CC1=NN=N2.[Ag+].[H-].[Na+]. The molecule has 5 nitrogen and oxygen atoms in total. The van der Waals surface area contributed by atoms with Crippen molar-refractivity contribution in [2.45, 2.75) is 5.54 Å². The van der Waals surface area contributed by atoms with Crippen LogP contribution in [0.2, 0.25) is 0 Å². The number of fused-ring (bicyclic) bond motifs is 1. The molecule has 0 aromatic carbocycles. The average Bonchev–Trinajstić information content (AvgIpc) is 2.48. The number of carboxylic acid groups (broad SMARTS) is 1. The molecular weight excluding hydrogens is 289 g/mol. The molecule has 0 spiro atoms. The number of carbonyl (C=O) groups excluding carboxylic acids is 1. The number of carboxylic acids is 1. The third kappa shape index (κ3) is 1.98. The maximum absolute atomic E-state index is 10.7. The molecule has 2 aliphatic rings. The number of carbonyl (C=O) groups is 1. The summed E-state index contributed by atoms with van der Waals surface area (Å²) < 4.78 is 0. The smallest absolute Gasteiger partial charge is 1.00 e. The summed E-state index contributed by atoms with van der Waals surface area (Å²) in [5.41, 5.74) is -1.17. The van der Waals surface area contributed by atoms with Gasteiger partial charge in [0.15, 0.2) is 5.54 Å². The molecule has 0 amide bonds. The topological polar surface area (TPSA) is 77.2 Å². The standard InChI is InChI=1S/C7H5N3O2.Ag.Na.H/c11-6(12)7-4-2-1-3-5(7)8-10-9-7;;;/h1-4H,(H,11,12);;;/q;2*+1;-1/p-1. The van der Waals surface area contributed by atoms with Crippen molar-refractivity contribution >= 4 is 11.7 Å². The van der Waals surface area contributed by atoms with Crippen LogP contribution in [0, 0.1) is 0 Å². The first-order valence-corrected chi connectivity index (χ1v) is 3.33. The summed E-state index contributed by atoms with van der Waals surface area (Å²) in [6.07, 6.45) is 6.21. The van der Waals surface area contributed by atoms with Gasteiger partial charge in [0, 0.05) is 0 Å². The van der Waals surface area contributed by atoms with E-state index in [0.717, 1.165) is 0 Å². The van der Waals surface area contributed by atoms with E-state index in [9.17, 15) is 9.90 Å². The molecule has 1 aliphatic carbocycles. The van der Waals surface area contributed by atoms with Crippen LogP contribution in [-0.2, 0) is 27.2 Å². The van der Waals surface area contributed by atoms with Crippen molar-refractivity contribution in [3.8, 4) is 0 Å². The average molecular weight is 294 g/mol. The van der Waals surface area contributed by atoms with Crippen LogP contribution in [-0.4, -0.2) is 17.2 Å². The Hall–Kier alpha value is -0.0397. The number of allylic oxidation sites excluding steroid dienone is 2. The van der Waals surface area contributed by atoms with Gasteiger partial charge in [-0.2, -0.15) is 0 Å². The molecule has 0 saturated carbocycles. The number of nitrogens with zero attached hydrogens (tertiary/aromatic N) is 3. The molecule has 1 atom stereocenters. The van der Waals surface area contributed by atoms with Gasteiger partial charge in [0.05, 0.1) is 5.97 Å². The van der Waals surface area contributed by atoms with E-state index < -0.39 is 11.5 Å². The first-order valence-electron chi connectivity index (χ1n) is 3.33. The largest absolute Gasteiger partial charge is 1.00 e. The maximum Gasteiger partial charge on any atom is 1.00 e. The fraction of sp³-hybridized carbons (Fsp3) is 0.143. The molecule has 0 fully saturated rings.